The first-order valence-electron chi connectivity index (χ1n) is 5.13. The van der Waals surface area contributed by atoms with Crippen LogP contribution in [0, 0.1) is 27.6 Å². The van der Waals surface area contributed by atoms with Gasteiger partial charge in [-0.15, -0.1) is 0 Å². The van der Waals surface area contributed by atoms with Crippen molar-refractivity contribution >= 4 is 17.1 Å². The van der Waals surface area contributed by atoms with E-state index in [0.717, 1.165) is 30.3 Å². The van der Waals surface area contributed by atoms with Crippen molar-refractivity contribution in [3.05, 3.63) is 64.0 Å². The van der Waals surface area contributed by atoms with Gasteiger partial charge in [0.15, 0.2) is 0 Å². The van der Waals surface area contributed by atoms with Gasteiger partial charge in [0.2, 0.25) is 0 Å². The van der Waals surface area contributed by atoms with Gasteiger partial charge in [-0.3, -0.25) is 10.1 Å². The monoisotopic (exact) mass is 268 g/mol. The second-order valence-corrected chi connectivity index (χ2v) is 3.70. The number of nitrogens with one attached hydrogen (secondary N) is 1. The summed E-state index contributed by atoms with van der Waals surface area (Å²) < 4.78 is 39.2. The zero-order chi connectivity index (χ0) is 14.0. The Bertz CT molecular complexity index is 647. The number of benzene rings is 2. The molecule has 0 bridgehead atoms. The summed E-state index contributed by atoms with van der Waals surface area (Å²) in [6, 6.07) is 5.53. The summed E-state index contributed by atoms with van der Waals surface area (Å²) in [6.07, 6.45) is 0. The van der Waals surface area contributed by atoms with Crippen LogP contribution >= 0.6 is 0 Å². The van der Waals surface area contributed by atoms with Gasteiger partial charge in [-0.05, 0) is 18.2 Å². The molecule has 2 aromatic rings. The molecule has 98 valence electrons. The summed E-state index contributed by atoms with van der Waals surface area (Å²) in [7, 11) is 0. The Labute approximate surface area is 105 Å². The van der Waals surface area contributed by atoms with Crippen molar-refractivity contribution in [2.24, 2.45) is 0 Å². The van der Waals surface area contributed by atoms with Crippen molar-refractivity contribution in [1.82, 2.24) is 0 Å². The maximum atomic E-state index is 13.4. The zero-order valence-corrected chi connectivity index (χ0v) is 9.36. The van der Waals surface area contributed by atoms with Gasteiger partial charge in [0.25, 0.3) is 5.69 Å². The van der Waals surface area contributed by atoms with Gasteiger partial charge in [-0.1, -0.05) is 0 Å². The highest BCUT2D eigenvalue weighted by atomic mass is 19.1. The van der Waals surface area contributed by atoms with Crippen molar-refractivity contribution in [3.63, 3.8) is 0 Å². The minimum atomic E-state index is -0.882. The van der Waals surface area contributed by atoms with E-state index in [2.05, 4.69) is 5.32 Å². The Morgan fingerprint density at radius 3 is 2.37 bits per heavy atom. The molecule has 0 aliphatic rings. The summed E-state index contributed by atoms with van der Waals surface area (Å²) in [5, 5.41) is 13.0. The molecule has 0 radical (unpaired) electrons. The van der Waals surface area contributed by atoms with Crippen LogP contribution in [0.3, 0.4) is 0 Å². The minimum Gasteiger partial charge on any atom is -0.353 e. The van der Waals surface area contributed by atoms with Gasteiger partial charge in [-0.25, -0.2) is 13.2 Å². The average molecular weight is 268 g/mol. The van der Waals surface area contributed by atoms with Crippen LogP contribution in [0.2, 0.25) is 0 Å². The maximum Gasteiger partial charge on any atom is 0.274 e. The molecule has 19 heavy (non-hydrogen) atoms. The average Bonchev–Trinajstić information content (AvgIpc) is 2.32. The van der Waals surface area contributed by atoms with Crippen LogP contribution in [0.25, 0.3) is 0 Å². The SMILES string of the molecule is O=[N+]([O-])c1cc(F)cc(Nc2ccc(F)cc2F)c1. The highest BCUT2D eigenvalue weighted by molar-refractivity contribution is 5.62. The maximum absolute atomic E-state index is 13.4. The highest BCUT2D eigenvalue weighted by Gasteiger charge is 2.11. The molecule has 0 aromatic heterocycles. The van der Waals surface area contributed by atoms with Crippen molar-refractivity contribution < 1.29 is 18.1 Å². The largest absolute Gasteiger partial charge is 0.353 e. The van der Waals surface area contributed by atoms with Gasteiger partial charge in [0.05, 0.1) is 16.7 Å². The molecule has 0 aliphatic heterocycles. The van der Waals surface area contributed by atoms with E-state index >= 15 is 0 Å². The lowest BCUT2D eigenvalue weighted by Gasteiger charge is -2.07. The van der Waals surface area contributed by atoms with E-state index < -0.39 is 28.1 Å². The molecule has 0 saturated carbocycles. The van der Waals surface area contributed by atoms with Gasteiger partial charge in [0, 0.05) is 17.8 Å². The standard InChI is InChI=1S/C12H7F3N2O2/c13-7-1-2-12(11(15)5-7)16-9-3-8(14)4-10(6-9)17(18)19/h1-6,16H. The molecule has 0 aliphatic carbocycles. The second-order valence-electron chi connectivity index (χ2n) is 3.70. The number of anilines is 2. The molecule has 0 spiro atoms. The van der Waals surface area contributed by atoms with Crippen LogP contribution in [-0.2, 0) is 0 Å². The predicted octanol–water partition coefficient (Wildman–Crippen LogP) is 3.76. The van der Waals surface area contributed by atoms with Gasteiger partial charge in [-0.2, -0.15) is 0 Å². The molecule has 0 heterocycles. The third kappa shape index (κ3) is 3.01. The molecule has 7 heteroatoms. The number of nitro groups is 1. The number of halogens is 3. The van der Waals surface area contributed by atoms with E-state index in [4.69, 9.17) is 0 Å². The Morgan fingerprint density at radius 2 is 1.74 bits per heavy atom. The van der Waals surface area contributed by atoms with Crippen LogP contribution in [-0.4, -0.2) is 4.92 Å². The van der Waals surface area contributed by atoms with Gasteiger partial charge >= 0.3 is 0 Å². The van der Waals surface area contributed by atoms with Crippen LogP contribution in [0.5, 0.6) is 0 Å². The van der Waals surface area contributed by atoms with Crippen molar-refractivity contribution in [2.45, 2.75) is 0 Å². The summed E-state index contributed by atoms with van der Waals surface area (Å²) in [6.45, 7) is 0. The number of non-ortho nitro benzene ring substituents is 1. The number of nitrogens with zero attached hydrogens (tertiary/aromatic N) is 1. The first-order valence-corrected chi connectivity index (χ1v) is 5.13. The van der Waals surface area contributed by atoms with Crippen molar-refractivity contribution in [2.75, 3.05) is 5.32 Å². The van der Waals surface area contributed by atoms with E-state index in [1.807, 2.05) is 0 Å². The smallest absolute Gasteiger partial charge is 0.274 e. The highest BCUT2D eigenvalue weighted by Crippen LogP contribution is 2.25. The molecule has 4 nitrogen and oxygen atoms in total. The van der Waals surface area contributed by atoms with E-state index in [9.17, 15) is 23.3 Å². The molecule has 0 unspecified atom stereocenters. The lowest BCUT2D eigenvalue weighted by Crippen LogP contribution is -1.97. The third-order valence-electron chi connectivity index (χ3n) is 2.30. The fraction of sp³-hybridized carbons (Fsp3) is 0. The lowest BCUT2D eigenvalue weighted by molar-refractivity contribution is -0.385. The van der Waals surface area contributed by atoms with Crippen LogP contribution < -0.4 is 5.32 Å². The molecule has 2 rings (SSSR count). The molecule has 1 N–H and O–H groups in total. The Morgan fingerprint density at radius 1 is 1.00 bits per heavy atom. The van der Waals surface area contributed by atoms with Gasteiger partial charge in [0.1, 0.15) is 17.5 Å². The Balaban J connectivity index is 2.35. The number of rotatable bonds is 3. The first kappa shape index (κ1) is 12.9. The fourth-order valence-electron chi connectivity index (χ4n) is 1.50. The summed E-state index contributed by atoms with van der Waals surface area (Å²) in [5.41, 5.74) is -0.580. The molecule has 0 fully saturated rings. The normalized spacial score (nSPS) is 10.3. The van der Waals surface area contributed by atoms with Gasteiger partial charge < -0.3 is 5.32 Å². The van der Waals surface area contributed by atoms with E-state index in [1.54, 1.807) is 0 Å². The topological polar surface area (TPSA) is 55.2 Å². The number of hydrogen-bond donors (Lipinski definition) is 1. The van der Waals surface area contributed by atoms with E-state index in [0.29, 0.717) is 6.07 Å². The minimum absolute atomic E-state index is 0.00259. The van der Waals surface area contributed by atoms with Crippen LogP contribution in [0.4, 0.5) is 30.2 Å². The van der Waals surface area contributed by atoms with Crippen LogP contribution in [0.1, 0.15) is 0 Å². The zero-order valence-electron chi connectivity index (χ0n) is 9.36. The molecular formula is C12H7F3N2O2. The molecule has 2 aromatic carbocycles. The van der Waals surface area contributed by atoms with Crippen molar-refractivity contribution in [1.29, 1.82) is 0 Å². The summed E-state index contributed by atoms with van der Waals surface area (Å²) >= 11 is 0. The Kier molecular flexibility index (Phi) is 3.37. The van der Waals surface area contributed by atoms with E-state index in [1.165, 1.54) is 0 Å². The number of hydrogen-bond acceptors (Lipinski definition) is 3. The molecular weight excluding hydrogens is 261 g/mol. The first-order chi connectivity index (χ1) is 8.95. The third-order valence-corrected chi connectivity index (χ3v) is 2.30. The molecule has 0 saturated heterocycles. The summed E-state index contributed by atoms with van der Waals surface area (Å²) in [5.74, 6) is -2.47. The van der Waals surface area contributed by atoms with E-state index in [-0.39, 0.29) is 11.4 Å². The molecule has 0 amide bonds. The molecule has 0 atom stereocenters. The van der Waals surface area contributed by atoms with Crippen molar-refractivity contribution in [3.8, 4) is 0 Å². The second kappa shape index (κ2) is 4.97. The lowest BCUT2D eigenvalue weighted by atomic mass is 10.2. The number of nitro benzene ring substituents is 1. The predicted molar refractivity (Wildman–Crippen MR) is 62.7 cm³/mol. The Hall–Kier alpha value is -2.57. The quantitative estimate of drug-likeness (QED) is 0.681. The summed E-state index contributed by atoms with van der Waals surface area (Å²) in [4.78, 5) is 9.79. The fourth-order valence-corrected chi connectivity index (χ4v) is 1.50. The van der Waals surface area contributed by atoms with Crippen LogP contribution in [0.15, 0.2) is 36.4 Å².